The van der Waals surface area contributed by atoms with E-state index in [0.29, 0.717) is 12.3 Å². The van der Waals surface area contributed by atoms with Crippen LogP contribution in [0.2, 0.25) is 0 Å². The summed E-state index contributed by atoms with van der Waals surface area (Å²) >= 11 is 3.50. The molecule has 1 amide bonds. The zero-order chi connectivity index (χ0) is 21.3. The standard InChI is InChI=1S/C21H17BrN6O2/c1-13-19(22)14(2)27(26-13)12-17-8-9-18(30-17)21(29)25-20-15(10-23)11-24-28(20)16-6-4-3-5-7-16/h3-9,11H,12H2,1-2H3,(H,25,29). The molecule has 0 aliphatic rings. The molecule has 0 radical (unpaired) electrons. The third-order valence-corrected chi connectivity index (χ3v) is 5.75. The number of nitrogens with zero attached hydrogens (tertiary/aromatic N) is 5. The van der Waals surface area contributed by atoms with E-state index < -0.39 is 5.91 Å². The van der Waals surface area contributed by atoms with Gasteiger partial charge in [0.15, 0.2) is 11.6 Å². The Balaban J connectivity index is 1.56. The average Bonchev–Trinajstić information content (AvgIpc) is 3.44. The second kappa shape index (κ2) is 8.00. The maximum absolute atomic E-state index is 12.8. The summed E-state index contributed by atoms with van der Waals surface area (Å²) < 4.78 is 9.98. The molecule has 4 aromatic rings. The summed E-state index contributed by atoms with van der Waals surface area (Å²) in [7, 11) is 0. The normalized spacial score (nSPS) is 10.7. The molecule has 4 rings (SSSR count). The van der Waals surface area contributed by atoms with Crippen molar-refractivity contribution >= 4 is 27.7 Å². The summed E-state index contributed by atoms with van der Waals surface area (Å²) in [6.45, 7) is 4.27. The van der Waals surface area contributed by atoms with Gasteiger partial charge in [0, 0.05) is 0 Å². The number of anilines is 1. The van der Waals surface area contributed by atoms with Gasteiger partial charge in [-0.15, -0.1) is 0 Å². The van der Waals surface area contributed by atoms with Crippen molar-refractivity contribution in [3.05, 3.63) is 81.6 Å². The molecule has 0 saturated carbocycles. The largest absolute Gasteiger partial charge is 0.454 e. The number of carbonyl (C=O) groups is 1. The SMILES string of the molecule is Cc1nn(Cc2ccc(C(=O)Nc3c(C#N)cnn3-c3ccccc3)o2)c(C)c1Br. The second-order valence-electron chi connectivity index (χ2n) is 6.63. The van der Waals surface area contributed by atoms with E-state index in [0.717, 1.165) is 21.5 Å². The summed E-state index contributed by atoms with van der Waals surface area (Å²) in [5.41, 5.74) is 2.84. The van der Waals surface area contributed by atoms with Gasteiger partial charge >= 0.3 is 0 Å². The summed E-state index contributed by atoms with van der Waals surface area (Å²) in [6, 6.07) is 14.6. The zero-order valence-corrected chi connectivity index (χ0v) is 17.8. The number of benzene rings is 1. The number of nitrogens with one attached hydrogen (secondary N) is 1. The number of aromatic nitrogens is 4. The Bertz CT molecular complexity index is 1260. The molecule has 0 spiro atoms. The smallest absolute Gasteiger partial charge is 0.292 e. The zero-order valence-electron chi connectivity index (χ0n) is 16.3. The van der Waals surface area contributed by atoms with E-state index in [1.54, 1.807) is 16.8 Å². The van der Waals surface area contributed by atoms with Crippen LogP contribution in [0.15, 0.2) is 57.6 Å². The minimum absolute atomic E-state index is 0.135. The highest BCUT2D eigenvalue weighted by Gasteiger charge is 2.19. The fraction of sp³-hybridized carbons (Fsp3) is 0.143. The maximum atomic E-state index is 12.8. The van der Waals surface area contributed by atoms with Crippen LogP contribution in [0.5, 0.6) is 0 Å². The molecule has 0 bridgehead atoms. The number of halogens is 1. The number of rotatable bonds is 5. The van der Waals surface area contributed by atoms with E-state index in [1.165, 1.54) is 10.9 Å². The number of carbonyl (C=O) groups excluding carboxylic acids is 1. The first-order chi connectivity index (χ1) is 14.5. The average molecular weight is 465 g/mol. The number of amides is 1. The van der Waals surface area contributed by atoms with Crippen molar-refractivity contribution < 1.29 is 9.21 Å². The van der Waals surface area contributed by atoms with Crippen LogP contribution in [0.3, 0.4) is 0 Å². The lowest BCUT2D eigenvalue weighted by Crippen LogP contribution is -2.15. The molecule has 150 valence electrons. The summed E-state index contributed by atoms with van der Waals surface area (Å²) in [4.78, 5) is 12.8. The molecule has 0 atom stereocenters. The van der Waals surface area contributed by atoms with Crippen molar-refractivity contribution in [2.75, 3.05) is 5.32 Å². The van der Waals surface area contributed by atoms with Crippen LogP contribution < -0.4 is 5.32 Å². The van der Waals surface area contributed by atoms with Gasteiger partial charge in [-0.2, -0.15) is 15.5 Å². The van der Waals surface area contributed by atoms with Crippen LogP contribution in [0.25, 0.3) is 5.69 Å². The van der Waals surface area contributed by atoms with E-state index in [1.807, 2.05) is 50.2 Å². The molecule has 0 unspecified atom stereocenters. The Hall–Kier alpha value is -3.64. The Morgan fingerprint density at radius 1 is 1.23 bits per heavy atom. The number of para-hydroxylation sites is 1. The molecule has 0 saturated heterocycles. The molecular formula is C21H17BrN6O2. The van der Waals surface area contributed by atoms with Crippen molar-refractivity contribution in [3.63, 3.8) is 0 Å². The van der Waals surface area contributed by atoms with Crippen molar-refractivity contribution in [2.45, 2.75) is 20.4 Å². The van der Waals surface area contributed by atoms with Gasteiger partial charge in [0.1, 0.15) is 17.4 Å². The Labute approximate surface area is 180 Å². The van der Waals surface area contributed by atoms with Crippen LogP contribution in [-0.4, -0.2) is 25.5 Å². The van der Waals surface area contributed by atoms with E-state index in [4.69, 9.17) is 4.42 Å². The Kier molecular flexibility index (Phi) is 5.25. The number of furan rings is 1. The first-order valence-corrected chi connectivity index (χ1v) is 9.90. The number of hydrogen-bond acceptors (Lipinski definition) is 5. The van der Waals surface area contributed by atoms with Gasteiger partial charge in [-0.1, -0.05) is 18.2 Å². The maximum Gasteiger partial charge on any atom is 0.292 e. The molecular weight excluding hydrogens is 448 g/mol. The first kappa shape index (κ1) is 19.7. The third-order valence-electron chi connectivity index (χ3n) is 4.61. The highest BCUT2D eigenvalue weighted by molar-refractivity contribution is 9.10. The van der Waals surface area contributed by atoms with Crippen LogP contribution in [0, 0.1) is 25.2 Å². The molecule has 1 aromatic carbocycles. The van der Waals surface area contributed by atoms with E-state index in [-0.39, 0.29) is 17.1 Å². The van der Waals surface area contributed by atoms with Gasteiger partial charge in [0.05, 0.1) is 34.3 Å². The van der Waals surface area contributed by atoms with Gasteiger partial charge in [0.25, 0.3) is 5.91 Å². The molecule has 8 nitrogen and oxygen atoms in total. The monoisotopic (exact) mass is 464 g/mol. The first-order valence-electron chi connectivity index (χ1n) is 9.11. The highest BCUT2D eigenvalue weighted by Crippen LogP contribution is 2.23. The third kappa shape index (κ3) is 3.65. The molecule has 0 fully saturated rings. The van der Waals surface area contributed by atoms with Gasteiger partial charge < -0.3 is 9.73 Å². The van der Waals surface area contributed by atoms with E-state index in [9.17, 15) is 10.1 Å². The lowest BCUT2D eigenvalue weighted by molar-refractivity contribution is 0.0994. The molecule has 1 N–H and O–H groups in total. The topological polar surface area (TPSA) is 102 Å². The van der Waals surface area contributed by atoms with Crippen LogP contribution in [0.4, 0.5) is 5.82 Å². The number of aryl methyl sites for hydroxylation is 1. The Morgan fingerprint density at radius 2 is 2.00 bits per heavy atom. The van der Waals surface area contributed by atoms with Gasteiger partial charge in [-0.25, -0.2) is 4.68 Å². The van der Waals surface area contributed by atoms with Crippen molar-refractivity contribution in [1.82, 2.24) is 19.6 Å². The Morgan fingerprint density at radius 3 is 2.67 bits per heavy atom. The molecule has 9 heteroatoms. The van der Waals surface area contributed by atoms with Crippen molar-refractivity contribution in [2.24, 2.45) is 0 Å². The van der Waals surface area contributed by atoms with Crippen LogP contribution >= 0.6 is 15.9 Å². The minimum atomic E-state index is -0.468. The summed E-state index contributed by atoms with van der Waals surface area (Å²) in [5.74, 6) is 0.546. The van der Waals surface area contributed by atoms with Crippen LogP contribution in [-0.2, 0) is 6.54 Å². The molecule has 0 aliphatic heterocycles. The lowest BCUT2D eigenvalue weighted by Gasteiger charge is -2.08. The summed E-state index contributed by atoms with van der Waals surface area (Å²) in [6.07, 6.45) is 1.41. The highest BCUT2D eigenvalue weighted by atomic mass is 79.9. The summed E-state index contributed by atoms with van der Waals surface area (Å²) in [5, 5.41) is 20.8. The number of hydrogen-bond donors (Lipinski definition) is 1. The van der Waals surface area contributed by atoms with Gasteiger partial charge in [-0.3, -0.25) is 9.48 Å². The fourth-order valence-corrected chi connectivity index (χ4v) is 3.33. The molecule has 3 aromatic heterocycles. The molecule has 0 aliphatic carbocycles. The quantitative estimate of drug-likeness (QED) is 0.476. The molecule has 30 heavy (non-hydrogen) atoms. The van der Waals surface area contributed by atoms with Crippen molar-refractivity contribution in [1.29, 1.82) is 5.26 Å². The van der Waals surface area contributed by atoms with Gasteiger partial charge in [0.2, 0.25) is 0 Å². The lowest BCUT2D eigenvalue weighted by atomic mass is 10.3. The second-order valence-corrected chi connectivity index (χ2v) is 7.42. The van der Waals surface area contributed by atoms with E-state index in [2.05, 4.69) is 31.4 Å². The van der Waals surface area contributed by atoms with Crippen LogP contribution in [0.1, 0.15) is 33.3 Å². The predicted octanol–water partition coefficient (Wildman–Crippen LogP) is 4.21. The van der Waals surface area contributed by atoms with E-state index >= 15 is 0 Å². The van der Waals surface area contributed by atoms with Gasteiger partial charge in [-0.05, 0) is 54.0 Å². The van der Waals surface area contributed by atoms with Crippen molar-refractivity contribution in [3.8, 4) is 11.8 Å². The fourth-order valence-electron chi connectivity index (χ4n) is 3.05. The predicted molar refractivity (Wildman–Crippen MR) is 113 cm³/mol. The molecule has 3 heterocycles. The minimum Gasteiger partial charge on any atom is -0.454 e. The number of nitriles is 1.